The molecule has 0 bridgehead atoms. The van der Waals surface area contributed by atoms with Gasteiger partial charge in [-0.15, -0.1) is 0 Å². The molecule has 32 heavy (non-hydrogen) atoms. The first kappa shape index (κ1) is 22.4. The first-order valence-corrected chi connectivity index (χ1v) is 12.4. The highest BCUT2D eigenvalue weighted by Crippen LogP contribution is 2.32. The van der Waals surface area contributed by atoms with E-state index in [9.17, 15) is 18.0 Å². The van der Waals surface area contributed by atoms with Gasteiger partial charge in [0.1, 0.15) is 0 Å². The zero-order valence-electron chi connectivity index (χ0n) is 18.1. The van der Waals surface area contributed by atoms with Crippen LogP contribution in [0.3, 0.4) is 0 Å². The molecule has 1 unspecified atom stereocenters. The molecular formula is C22H26N4O5S. The number of likely N-dealkylation sites (tertiary alicyclic amines) is 1. The van der Waals surface area contributed by atoms with Crippen LogP contribution in [0, 0.1) is 29.6 Å². The number of nitrogens with one attached hydrogen (secondary N) is 1. The summed E-state index contributed by atoms with van der Waals surface area (Å²) in [6, 6.07) is 2.28. The maximum Gasteiger partial charge on any atom is 0.328 e. The fourth-order valence-corrected chi connectivity index (χ4v) is 4.83. The van der Waals surface area contributed by atoms with Crippen LogP contribution < -0.4 is 5.48 Å². The van der Waals surface area contributed by atoms with Gasteiger partial charge in [0, 0.05) is 55.3 Å². The van der Waals surface area contributed by atoms with Gasteiger partial charge in [-0.05, 0) is 44.1 Å². The quantitative estimate of drug-likeness (QED) is 0.363. The van der Waals surface area contributed by atoms with E-state index in [1.54, 1.807) is 12.3 Å². The molecule has 1 aromatic heterocycles. The summed E-state index contributed by atoms with van der Waals surface area (Å²) in [7, 11) is -3.82. The largest absolute Gasteiger partial charge is 0.328 e. The molecule has 1 saturated heterocycles. The Kier molecular flexibility index (Phi) is 5.80. The molecule has 0 radical (unpaired) electrons. The molecule has 3 aliphatic rings. The number of sulfone groups is 1. The maximum absolute atomic E-state index is 12.7. The molecule has 4 rings (SSSR count). The van der Waals surface area contributed by atoms with Crippen LogP contribution in [-0.4, -0.2) is 76.6 Å². The molecule has 2 aliphatic heterocycles. The molecule has 9 nitrogen and oxygen atoms in total. The average Bonchev–Trinajstić information content (AvgIpc) is 3.39. The van der Waals surface area contributed by atoms with E-state index in [0.717, 1.165) is 31.1 Å². The lowest BCUT2D eigenvalue weighted by atomic mass is 10.0. The van der Waals surface area contributed by atoms with Crippen LogP contribution in [0.1, 0.15) is 37.4 Å². The zero-order chi connectivity index (χ0) is 23.1. The number of rotatable bonds is 6. The number of carbonyl (C=O) groups excluding carboxylic acids is 2. The Morgan fingerprint density at radius 2 is 2.03 bits per heavy atom. The normalized spacial score (nSPS) is 20.3. The van der Waals surface area contributed by atoms with Gasteiger partial charge in [-0.3, -0.25) is 19.5 Å². The second kappa shape index (κ2) is 8.28. The third-order valence-electron chi connectivity index (χ3n) is 6.51. The molecule has 0 spiro atoms. The van der Waals surface area contributed by atoms with Crippen molar-refractivity contribution in [1.82, 2.24) is 19.8 Å². The van der Waals surface area contributed by atoms with E-state index in [2.05, 4.69) is 28.6 Å². The highest BCUT2D eigenvalue weighted by Gasteiger charge is 2.44. The summed E-state index contributed by atoms with van der Waals surface area (Å²) < 4.78 is 23.8. The molecule has 1 atom stereocenters. The summed E-state index contributed by atoms with van der Waals surface area (Å²) in [6.45, 7) is 3.62. The fraction of sp³-hybridized carbons (Fsp3) is 0.545. The van der Waals surface area contributed by atoms with Gasteiger partial charge >= 0.3 is 6.03 Å². The minimum absolute atomic E-state index is 0.0449. The lowest BCUT2D eigenvalue weighted by Crippen LogP contribution is -2.50. The minimum atomic E-state index is -3.82. The lowest BCUT2D eigenvalue weighted by molar-refractivity contribution is -0.131. The predicted molar refractivity (Wildman–Crippen MR) is 116 cm³/mol. The number of carbonyl (C=O) groups is 2. The van der Waals surface area contributed by atoms with Gasteiger partial charge in [0.25, 0.3) is 5.91 Å². The van der Waals surface area contributed by atoms with E-state index >= 15 is 0 Å². The fourth-order valence-electron chi connectivity index (χ4n) is 3.98. The highest BCUT2D eigenvalue weighted by atomic mass is 32.2. The van der Waals surface area contributed by atoms with Crippen molar-refractivity contribution in [3.63, 3.8) is 0 Å². The van der Waals surface area contributed by atoms with Crippen LogP contribution in [0.25, 0.3) is 0 Å². The lowest BCUT2D eigenvalue weighted by Gasteiger charge is -2.36. The summed E-state index contributed by atoms with van der Waals surface area (Å²) in [6.07, 6.45) is 5.05. The van der Waals surface area contributed by atoms with Crippen LogP contribution in [0.2, 0.25) is 0 Å². The molecule has 3 heterocycles. The molecule has 10 heteroatoms. The second-order valence-corrected chi connectivity index (χ2v) is 11.3. The van der Waals surface area contributed by atoms with Crippen LogP contribution in [0.15, 0.2) is 12.3 Å². The topological polar surface area (TPSA) is 112 Å². The summed E-state index contributed by atoms with van der Waals surface area (Å²) in [5, 5.41) is 8.92. The van der Waals surface area contributed by atoms with Crippen molar-refractivity contribution >= 4 is 21.8 Å². The zero-order valence-corrected chi connectivity index (χ0v) is 18.9. The van der Waals surface area contributed by atoms with Crippen molar-refractivity contribution in [3.8, 4) is 23.7 Å². The number of hydrogen-bond donors (Lipinski definition) is 2. The Morgan fingerprint density at radius 3 is 2.62 bits per heavy atom. The van der Waals surface area contributed by atoms with Gasteiger partial charge < -0.3 is 4.90 Å². The van der Waals surface area contributed by atoms with E-state index in [1.165, 1.54) is 34.7 Å². The Labute approximate surface area is 187 Å². The Balaban J connectivity index is 1.34. The number of hydrogen-bond acceptors (Lipinski definition) is 6. The Bertz CT molecular complexity index is 1170. The van der Waals surface area contributed by atoms with E-state index in [4.69, 9.17) is 5.21 Å². The summed E-state index contributed by atoms with van der Waals surface area (Å²) in [4.78, 5) is 28.5. The Hall–Kier alpha value is -2.79. The van der Waals surface area contributed by atoms with E-state index in [0.29, 0.717) is 11.5 Å². The van der Waals surface area contributed by atoms with Crippen molar-refractivity contribution in [1.29, 1.82) is 0 Å². The second-order valence-electron chi connectivity index (χ2n) is 8.89. The van der Waals surface area contributed by atoms with Crippen molar-refractivity contribution in [2.75, 3.05) is 25.9 Å². The van der Waals surface area contributed by atoms with Crippen molar-refractivity contribution in [3.05, 3.63) is 23.5 Å². The molecule has 170 valence electrons. The molecule has 2 N–H and O–H groups in total. The summed E-state index contributed by atoms with van der Waals surface area (Å²) in [5.74, 6) is 11.3. The van der Waals surface area contributed by atoms with E-state index in [-0.39, 0.29) is 25.5 Å². The number of fused-ring (bicyclic) bond motifs is 1. The van der Waals surface area contributed by atoms with Crippen molar-refractivity contribution < 1.29 is 23.2 Å². The number of hydroxylamine groups is 1. The average molecular weight is 459 g/mol. The van der Waals surface area contributed by atoms with Crippen molar-refractivity contribution in [2.24, 2.45) is 5.92 Å². The number of amides is 2. The van der Waals surface area contributed by atoms with Crippen LogP contribution in [-0.2, 0) is 21.2 Å². The molecule has 2 amide bonds. The van der Waals surface area contributed by atoms with Gasteiger partial charge in [0.2, 0.25) is 0 Å². The highest BCUT2D eigenvalue weighted by molar-refractivity contribution is 7.92. The third kappa shape index (κ3) is 4.26. The number of aromatic nitrogens is 1. The van der Waals surface area contributed by atoms with Crippen LogP contribution in [0.5, 0.6) is 0 Å². The van der Waals surface area contributed by atoms with E-state index < -0.39 is 20.5 Å². The smallest absolute Gasteiger partial charge is 0.318 e. The molecule has 2 fully saturated rings. The van der Waals surface area contributed by atoms with Crippen LogP contribution in [0.4, 0.5) is 4.79 Å². The van der Waals surface area contributed by atoms with E-state index in [1.807, 2.05) is 0 Å². The van der Waals surface area contributed by atoms with Crippen molar-refractivity contribution in [2.45, 2.75) is 43.5 Å². The number of nitrogens with zero attached hydrogens (tertiary/aromatic N) is 3. The molecule has 0 aromatic carbocycles. The predicted octanol–water partition coefficient (Wildman–Crippen LogP) is 0.420. The summed E-state index contributed by atoms with van der Waals surface area (Å²) >= 11 is 0. The third-order valence-corrected chi connectivity index (χ3v) is 8.53. The molecular weight excluding hydrogens is 432 g/mol. The SMILES string of the molecule is CC(CCN1Cc2cc(C#CC#CC3CN(C4CC4)C3)cn2C1=O)(C(=O)NO)S(C)(=O)=O. The van der Waals surface area contributed by atoms with Gasteiger partial charge in [-0.25, -0.2) is 18.7 Å². The first-order valence-electron chi connectivity index (χ1n) is 10.5. The van der Waals surface area contributed by atoms with Crippen LogP contribution >= 0.6 is 0 Å². The Morgan fingerprint density at radius 1 is 1.31 bits per heavy atom. The maximum atomic E-state index is 12.7. The monoisotopic (exact) mass is 458 g/mol. The first-order chi connectivity index (χ1) is 15.1. The van der Waals surface area contributed by atoms with Gasteiger partial charge in [-0.1, -0.05) is 11.8 Å². The molecule has 1 saturated carbocycles. The molecule has 1 aromatic rings. The van der Waals surface area contributed by atoms with Gasteiger partial charge in [-0.2, -0.15) is 0 Å². The minimum Gasteiger partial charge on any atom is -0.318 e. The standard InChI is InChI=1S/C22H26N4O5S/c1-22(20(27)23-29,32(2,30)31)9-10-24-15-19-11-16(14-26(19)21(24)28)5-3-4-6-17-12-25(13-17)18-7-8-18/h11,14,17-18,29H,7-10,12-13,15H2,1-2H3,(H,23,27). The van der Waals surface area contributed by atoms with Gasteiger partial charge in [0.15, 0.2) is 14.6 Å². The van der Waals surface area contributed by atoms with Gasteiger partial charge in [0.05, 0.1) is 6.54 Å². The summed E-state index contributed by atoms with van der Waals surface area (Å²) in [5.41, 5.74) is 2.84. The molecule has 1 aliphatic carbocycles.